The number of para-hydroxylation sites is 1. The number of benzene rings is 2. The van der Waals surface area contributed by atoms with E-state index >= 15 is 0 Å². The Hall–Kier alpha value is -3.59. The van der Waals surface area contributed by atoms with Crippen molar-refractivity contribution in [2.45, 2.75) is 18.9 Å². The zero-order valence-corrected chi connectivity index (χ0v) is 20.8. The Balaban J connectivity index is 0.00000361. The lowest BCUT2D eigenvalue weighted by atomic mass is 10.0. The molecule has 0 saturated carbocycles. The number of ether oxygens (including phenoxy) is 1. The number of carbonyl (C=O) groups is 2. The normalized spacial score (nSPS) is 13.7. The Bertz CT molecular complexity index is 1200. The van der Waals surface area contributed by atoms with E-state index in [1.807, 2.05) is 35.2 Å². The molecule has 3 aromatic rings. The van der Waals surface area contributed by atoms with Gasteiger partial charge >= 0.3 is 0 Å². The third-order valence-corrected chi connectivity index (χ3v) is 5.89. The molecule has 4 rings (SSSR count). The summed E-state index contributed by atoms with van der Waals surface area (Å²) in [7, 11) is 0. The molecule has 1 aliphatic heterocycles. The Morgan fingerprint density at radius 2 is 1.72 bits per heavy atom. The van der Waals surface area contributed by atoms with Crippen molar-refractivity contribution in [2.24, 2.45) is 0 Å². The van der Waals surface area contributed by atoms with Gasteiger partial charge in [-0.3, -0.25) is 14.8 Å². The summed E-state index contributed by atoms with van der Waals surface area (Å²) in [4.78, 5) is 30.2. The fourth-order valence-electron chi connectivity index (χ4n) is 3.75. The molecule has 1 aromatic heterocycles. The lowest BCUT2D eigenvalue weighted by Crippen LogP contribution is -2.42. The number of likely N-dealkylation sites (tertiary alicyclic amines) is 1. The lowest BCUT2D eigenvalue weighted by Gasteiger charge is -2.33. The van der Waals surface area contributed by atoms with Crippen LogP contribution >= 0.6 is 24.0 Å². The first-order chi connectivity index (χ1) is 17.0. The molecule has 0 unspecified atom stereocenters. The van der Waals surface area contributed by atoms with Crippen LogP contribution in [0.2, 0.25) is 5.02 Å². The number of nitrogens with zero attached hydrogens (tertiary/aromatic N) is 2. The van der Waals surface area contributed by atoms with E-state index in [-0.39, 0.29) is 24.4 Å². The van der Waals surface area contributed by atoms with Crippen LogP contribution in [0, 0.1) is 0 Å². The number of hydrogen-bond acceptors (Lipinski definition) is 6. The van der Waals surface area contributed by atoms with Gasteiger partial charge in [0.25, 0.3) is 11.8 Å². The van der Waals surface area contributed by atoms with Crippen molar-refractivity contribution in [1.29, 1.82) is 0 Å². The minimum Gasteiger partial charge on any atom is -0.457 e. The number of nitrogens with one attached hydrogen (secondary N) is 2. The molecular formula is C26H26Cl2N4O4. The molecule has 0 atom stereocenters. The van der Waals surface area contributed by atoms with Gasteiger partial charge < -0.3 is 15.0 Å². The van der Waals surface area contributed by atoms with E-state index in [0.717, 1.165) is 18.6 Å². The summed E-state index contributed by atoms with van der Waals surface area (Å²) in [5, 5.41) is 12.3. The minimum atomic E-state index is -0.638. The zero-order chi connectivity index (χ0) is 24.6. The van der Waals surface area contributed by atoms with Gasteiger partial charge in [-0.25, -0.2) is 10.5 Å². The maximum absolute atomic E-state index is 12.9. The van der Waals surface area contributed by atoms with Crippen LogP contribution in [0.4, 0.5) is 5.82 Å². The van der Waals surface area contributed by atoms with Crippen molar-refractivity contribution in [3.63, 3.8) is 0 Å². The first kappa shape index (κ1) is 27.0. The molecule has 3 N–H and O–H groups in total. The maximum atomic E-state index is 12.9. The van der Waals surface area contributed by atoms with Crippen LogP contribution in [0.15, 0.2) is 72.9 Å². The molecule has 188 valence electrons. The predicted octanol–water partition coefficient (Wildman–Crippen LogP) is 5.18. The number of carbonyl (C=O) groups excluding carboxylic acids is 2. The molecule has 0 aliphatic carbocycles. The molecular weight excluding hydrogens is 503 g/mol. The van der Waals surface area contributed by atoms with E-state index in [1.165, 1.54) is 17.6 Å². The Kier molecular flexibility index (Phi) is 9.69. The highest BCUT2D eigenvalue weighted by atomic mass is 35.5. The number of amides is 2. The highest BCUT2D eigenvalue weighted by Gasteiger charge is 2.24. The molecule has 0 bridgehead atoms. The number of halogens is 2. The van der Waals surface area contributed by atoms with Gasteiger partial charge in [0.2, 0.25) is 0 Å². The zero-order valence-electron chi connectivity index (χ0n) is 19.3. The van der Waals surface area contributed by atoms with Crippen LogP contribution in [0.25, 0.3) is 6.08 Å². The number of pyridine rings is 1. The first-order valence-corrected chi connectivity index (χ1v) is 11.6. The molecule has 2 aromatic carbocycles. The second-order valence-electron chi connectivity index (χ2n) is 8.06. The molecule has 8 nitrogen and oxygen atoms in total. The number of piperidine rings is 1. The fraction of sp³-hybridized carbons (Fsp3) is 0.192. The number of hydrogen-bond donors (Lipinski definition) is 3. The van der Waals surface area contributed by atoms with Crippen LogP contribution < -0.4 is 15.5 Å². The summed E-state index contributed by atoms with van der Waals surface area (Å²) in [6.07, 6.45) is 5.78. The Morgan fingerprint density at radius 1 is 1.06 bits per heavy atom. The average molecular weight is 529 g/mol. The standard InChI is InChI=1S/C26H25ClN4O4.ClH/c27-23-16-18(6-11-24(32)30-34)17-28-25(23)29-20-12-14-31(15-13-20)26(33)19-7-9-22(10-8-19)35-21-4-2-1-3-5-21;/h1-11,16-17,20,34H,12-15H2,(H,28,29)(H,30,32);1H. The van der Waals surface area contributed by atoms with Gasteiger partial charge in [-0.15, -0.1) is 12.4 Å². The van der Waals surface area contributed by atoms with E-state index < -0.39 is 5.91 Å². The molecule has 2 heterocycles. The SMILES string of the molecule is Cl.O=C(C=Cc1cnc(NC2CCN(C(=O)c3ccc(Oc4ccccc4)cc3)CC2)c(Cl)c1)NO. The molecule has 10 heteroatoms. The minimum absolute atomic E-state index is 0. The third-order valence-electron chi connectivity index (χ3n) is 5.60. The summed E-state index contributed by atoms with van der Waals surface area (Å²) in [6.45, 7) is 1.24. The number of rotatable bonds is 7. The van der Waals surface area contributed by atoms with Gasteiger partial charge in [0.15, 0.2) is 0 Å². The maximum Gasteiger partial charge on any atom is 0.267 e. The van der Waals surface area contributed by atoms with Gasteiger partial charge in [0, 0.05) is 37.0 Å². The van der Waals surface area contributed by atoms with Crippen LogP contribution in [0.1, 0.15) is 28.8 Å². The van der Waals surface area contributed by atoms with E-state index in [2.05, 4.69) is 10.3 Å². The number of hydroxylamine groups is 1. The monoisotopic (exact) mass is 528 g/mol. The Labute approximate surface area is 220 Å². The smallest absolute Gasteiger partial charge is 0.267 e. The summed E-state index contributed by atoms with van der Waals surface area (Å²) in [5.41, 5.74) is 2.78. The highest BCUT2D eigenvalue weighted by Crippen LogP contribution is 2.25. The summed E-state index contributed by atoms with van der Waals surface area (Å²) in [5.74, 6) is 1.33. The van der Waals surface area contributed by atoms with Gasteiger partial charge in [0.1, 0.15) is 17.3 Å². The van der Waals surface area contributed by atoms with E-state index in [0.29, 0.717) is 40.8 Å². The number of aromatic nitrogens is 1. The van der Waals surface area contributed by atoms with Crippen molar-refractivity contribution < 1.29 is 19.5 Å². The van der Waals surface area contributed by atoms with Crippen LogP contribution in [-0.2, 0) is 4.79 Å². The second-order valence-corrected chi connectivity index (χ2v) is 8.47. The van der Waals surface area contributed by atoms with Gasteiger partial charge in [-0.1, -0.05) is 29.8 Å². The molecule has 2 amide bonds. The molecule has 1 fully saturated rings. The third kappa shape index (κ3) is 7.21. The molecule has 1 aliphatic rings. The first-order valence-electron chi connectivity index (χ1n) is 11.2. The molecule has 0 radical (unpaired) electrons. The quantitative estimate of drug-likeness (QED) is 0.221. The predicted molar refractivity (Wildman–Crippen MR) is 141 cm³/mol. The fourth-order valence-corrected chi connectivity index (χ4v) is 3.98. The van der Waals surface area contributed by atoms with E-state index in [1.54, 1.807) is 36.5 Å². The lowest BCUT2D eigenvalue weighted by molar-refractivity contribution is -0.124. The van der Waals surface area contributed by atoms with Crippen molar-refractivity contribution in [2.75, 3.05) is 18.4 Å². The largest absolute Gasteiger partial charge is 0.457 e. The van der Waals surface area contributed by atoms with Crippen LogP contribution in [0.3, 0.4) is 0 Å². The molecule has 0 spiro atoms. The van der Waals surface area contributed by atoms with Crippen molar-refractivity contribution in [3.05, 3.63) is 89.1 Å². The molecule has 1 saturated heterocycles. The highest BCUT2D eigenvalue weighted by molar-refractivity contribution is 6.33. The van der Waals surface area contributed by atoms with Crippen molar-refractivity contribution in [1.82, 2.24) is 15.4 Å². The van der Waals surface area contributed by atoms with Crippen LogP contribution in [-0.4, -0.2) is 46.0 Å². The topological polar surface area (TPSA) is 104 Å². The van der Waals surface area contributed by atoms with Gasteiger partial charge in [-0.05, 0) is 66.9 Å². The summed E-state index contributed by atoms with van der Waals surface area (Å²) >= 11 is 6.34. The van der Waals surface area contributed by atoms with Crippen molar-refractivity contribution in [3.8, 4) is 11.5 Å². The van der Waals surface area contributed by atoms with E-state index in [9.17, 15) is 9.59 Å². The number of anilines is 1. The summed E-state index contributed by atoms with van der Waals surface area (Å²) < 4.78 is 5.79. The molecule has 36 heavy (non-hydrogen) atoms. The Morgan fingerprint density at radius 3 is 2.36 bits per heavy atom. The van der Waals surface area contributed by atoms with Crippen molar-refractivity contribution >= 4 is 47.7 Å². The summed E-state index contributed by atoms with van der Waals surface area (Å²) in [6, 6.07) is 18.5. The van der Waals surface area contributed by atoms with Gasteiger partial charge in [-0.2, -0.15) is 0 Å². The van der Waals surface area contributed by atoms with Gasteiger partial charge in [0.05, 0.1) is 5.02 Å². The van der Waals surface area contributed by atoms with E-state index in [4.69, 9.17) is 21.5 Å². The van der Waals surface area contributed by atoms with Crippen LogP contribution in [0.5, 0.6) is 11.5 Å². The average Bonchev–Trinajstić information content (AvgIpc) is 2.89. The second kappa shape index (κ2) is 12.9.